The number of halogens is 1. The van der Waals surface area contributed by atoms with Crippen LogP contribution in [0.3, 0.4) is 0 Å². The minimum atomic E-state index is -1.06. The molecule has 0 bridgehead atoms. The van der Waals surface area contributed by atoms with E-state index in [0.29, 0.717) is 5.75 Å². The van der Waals surface area contributed by atoms with E-state index in [0.717, 1.165) is 0 Å². The van der Waals surface area contributed by atoms with Gasteiger partial charge in [-0.1, -0.05) is 0 Å². The molecule has 1 aromatic carbocycles. The van der Waals surface area contributed by atoms with Gasteiger partial charge >= 0.3 is 24.8 Å². The molecule has 0 amide bonds. The third-order valence-corrected chi connectivity index (χ3v) is 1.18. The summed E-state index contributed by atoms with van der Waals surface area (Å²) in [6, 6.07) is 5.16. The van der Waals surface area contributed by atoms with Crippen molar-refractivity contribution in [3.8, 4) is 5.75 Å². The molecule has 0 fully saturated rings. The van der Waals surface area contributed by atoms with E-state index in [9.17, 15) is 9.18 Å². The molecule has 0 radical (unpaired) electrons. The summed E-state index contributed by atoms with van der Waals surface area (Å²) in [5.41, 5.74) is 0. The monoisotopic (exact) mass is 192 g/mol. The van der Waals surface area contributed by atoms with Gasteiger partial charge < -0.3 is 17.3 Å². The quantitative estimate of drug-likeness (QED) is 0.480. The first-order valence-corrected chi connectivity index (χ1v) is 3.28. The Morgan fingerprint density at radius 1 is 1.36 bits per heavy atom. The predicted molar refractivity (Wildman–Crippen MR) is 45.9 cm³/mol. The van der Waals surface area contributed by atoms with Crippen molar-refractivity contribution in [2.45, 2.75) is 0 Å². The maximum absolute atomic E-state index is 12.3. The molecule has 0 aliphatic carbocycles. The van der Waals surface area contributed by atoms with Crippen LogP contribution in [0.2, 0.25) is 0 Å². The Balaban J connectivity index is 0. The molecule has 0 aliphatic heterocycles. The number of carbonyl (C=O) groups is 1. The second kappa shape index (κ2) is 7.42. The zero-order chi connectivity index (χ0) is 8.97. The van der Waals surface area contributed by atoms with Gasteiger partial charge in [0.25, 0.3) is 0 Å². The van der Waals surface area contributed by atoms with Crippen LogP contribution >= 0.6 is 0 Å². The Morgan fingerprint density at radius 2 is 1.86 bits per heavy atom. The number of rotatable bonds is 3. The van der Waals surface area contributed by atoms with Gasteiger partial charge in [-0.15, -0.1) is 0 Å². The van der Waals surface area contributed by atoms with E-state index >= 15 is 0 Å². The van der Waals surface area contributed by atoms with Crippen LogP contribution in [0.15, 0.2) is 24.3 Å². The Bertz CT molecular complexity index is 274. The van der Waals surface area contributed by atoms with Crippen LogP contribution in [-0.4, -0.2) is 17.7 Å². The van der Waals surface area contributed by atoms with Crippen molar-refractivity contribution in [1.29, 1.82) is 0 Å². The summed E-state index contributed by atoms with van der Waals surface area (Å²) < 4.78 is 17.1. The first-order valence-electron chi connectivity index (χ1n) is 3.28. The minimum Gasteiger partial charge on any atom is -0.482 e. The molecule has 14 heavy (non-hydrogen) atoms. The van der Waals surface area contributed by atoms with Crippen LogP contribution in [0, 0.1) is 13.2 Å². The number of ether oxygens (including phenoxy) is 1. The molecular formula is C9H10FLiO3. The Hall–Kier alpha value is -0.983. The van der Waals surface area contributed by atoms with Crippen LogP contribution in [0.5, 0.6) is 5.75 Å². The van der Waals surface area contributed by atoms with Gasteiger partial charge in [-0.3, -0.25) is 0 Å². The van der Waals surface area contributed by atoms with E-state index in [4.69, 9.17) is 9.84 Å². The summed E-state index contributed by atoms with van der Waals surface area (Å²) >= 11 is 0. The molecule has 0 saturated carbocycles. The van der Waals surface area contributed by atoms with Crippen molar-refractivity contribution in [2.75, 3.05) is 6.61 Å². The molecule has 0 saturated heterocycles. The van der Waals surface area contributed by atoms with E-state index in [1.54, 1.807) is 0 Å². The maximum atomic E-state index is 12.3. The van der Waals surface area contributed by atoms with Crippen LogP contribution in [-0.2, 0) is 4.79 Å². The number of benzene rings is 1. The number of aliphatic carboxylic acids is 1. The normalized spacial score (nSPS) is 8.07. The molecule has 72 valence electrons. The fourth-order valence-electron chi connectivity index (χ4n) is 0.676. The first-order chi connectivity index (χ1) is 5.68. The third kappa shape index (κ3) is 5.63. The zero-order valence-electron chi connectivity index (χ0n) is 8.16. The van der Waals surface area contributed by atoms with E-state index in [1.165, 1.54) is 24.3 Å². The van der Waals surface area contributed by atoms with Gasteiger partial charge in [-0.05, 0) is 24.3 Å². The van der Waals surface area contributed by atoms with Crippen LogP contribution in [0.25, 0.3) is 0 Å². The number of hydrogen-bond acceptors (Lipinski definition) is 2. The smallest absolute Gasteiger partial charge is 0.482 e. The second-order valence-electron chi connectivity index (χ2n) is 2.14. The van der Waals surface area contributed by atoms with Gasteiger partial charge in [0.1, 0.15) is 11.6 Å². The number of hydrogen-bond donors (Lipinski definition) is 1. The molecule has 0 spiro atoms. The van der Waals surface area contributed by atoms with Gasteiger partial charge in [-0.2, -0.15) is 0 Å². The average molecular weight is 192 g/mol. The van der Waals surface area contributed by atoms with E-state index in [1.807, 2.05) is 0 Å². The fraction of sp³-hybridized carbons (Fsp3) is 0.111. The van der Waals surface area contributed by atoms with Gasteiger partial charge in [0, 0.05) is 0 Å². The molecule has 1 N–H and O–H groups in total. The number of carboxylic acid groups (broad SMARTS) is 1. The zero-order valence-corrected chi connectivity index (χ0v) is 8.16. The van der Waals surface area contributed by atoms with Gasteiger partial charge in [-0.25, -0.2) is 9.18 Å². The molecule has 1 aromatic rings. The topological polar surface area (TPSA) is 46.5 Å². The van der Waals surface area contributed by atoms with Crippen molar-refractivity contribution in [2.24, 2.45) is 0 Å². The summed E-state index contributed by atoms with van der Waals surface area (Å²) in [5, 5.41) is 8.23. The van der Waals surface area contributed by atoms with E-state index in [-0.39, 0.29) is 32.1 Å². The summed E-state index contributed by atoms with van der Waals surface area (Å²) in [5.74, 6) is -1.09. The van der Waals surface area contributed by atoms with Crippen LogP contribution in [0.1, 0.15) is 0 Å². The Labute approximate surface area is 94.1 Å². The average Bonchev–Trinajstić information content (AvgIpc) is 2.03. The second-order valence-corrected chi connectivity index (χ2v) is 2.14. The van der Waals surface area contributed by atoms with Crippen molar-refractivity contribution >= 4 is 5.97 Å². The molecule has 0 aliphatic rings. The van der Waals surface area contributed by atoms with Crippen molar-refractivity contribution in [3.05, 3.63) is 37.5 Å². The molecule has 3 nitrogen and oxygen atoms in total. The standard InChI is InChI=1S/C8H7FO3.CH3.Li/c9-6-1-3-7(4-2-6)12-5-8(10)11;;/h1-4H,5H2,(H,10,11);1H3;/q;-1;+1. The SMILES string of the molecule is O=C(O)COc1ccc(F)cc1.[CH3-].[Li+]. The van der Waals surface area contributed by atoms with E-state index in [2.05, 4.69) is 0 Å². The van der Waals surface area contributed by atoms with Crippen molar-refractivity contribution in [1.82, 2.24) is 0 Å². The molecule has 0 atom stereocenters. The Morgan fingerprint density at radius 3 is 2.29 bits per heavy atom. The molecule has 0 heterocycles. The Kier molecular flexibility index (Phi) is 8.21. The van der Waals surface area contributed by atoms with Crippen LogP contribution < -0.4 is 23.6 Å². The van der Waals surface area contributed by atoms with Crippen molar-refractivity contribution in [3.63, 3.8) is 0 Å². The van der Waals surface area contributed by atoms with Crippen LogP contribution in [0.4, 0.5) is 4.39 Å². The van der Waals surface area contributed by atoms with Gasteiger partial charge in [0.15, 0.2) is 6.61 Å². The molecular weight excluding hydrogens is 182 g/mol. The first kappa shape index (κ1) is 15.5. The molecule has 0 unspecified atom stereocenters. The summed E-state index contributed by atoms with van der Waals surface area (Å²) in [6.07, 6.45) is 0. The third-order valence-electron chi connectivity index (χ3n) is 1.18. The van der Waals surface area contributed by atoms with Gasteiger partial charge in [0.05, 0.1) is 0 Å². The van der Waals surface area contributed by atoms with Gasteiger partial charge in [0.2, 0.25) is 0 Å². The minimum absolute atomic E-state index is 0. The summed E-state index contributed by atoms with van der Waals surface area (Å²) in [7, 11) is 0. The fourth-order valence-corrected chi connectivity index (χ4v) is 0.676. The largest absolute Gasteiger partial charge is 1.00 e. The molecule has 5 heteroatoms. The maximum Gasteiger partial charge on any atom is 1.00 e. The predicted octanol–water partition coefficient (Wildman–Crippen LogP) is -1.26. The van der Waals surface area contributed by atoms with E-state index < -0.39 is 12.6 Å². The molecule has 0 aromatic heterocycles. The number of carboxylic acids is 1. The summed E-state index contributed by atoms with van der Waals surface area (Å²) in [6.45, 7) is -0.411. The molecule has 1 rings (SSSR count). The summed E-state index contributed by atoms with van der Waals surface area (Å²) in [4.78, 5) is 10.0. The van der Waals surface area contributed by atoms with Crippen molar-refractivity contribution < 1.29 is 37.9 Å².